The number of rotatable bonds is 4. The molecule has 0 spiro atoms. The smallest absolute Gasteiger partial charge is 0.772 e. The van der Waals surface area contributed by atoms with E-state index < -0.39 is 11.1 Å². The Bertz CT molecular complexity index is 137. The van der Waals surface area contributed by atoms with Gasteiger partial charge >= 0.3 is 29.6 Å². The van der Waals surface area contributed by atoms with Crippen LogP contribution in [0, 0.1) is 5.92 Å². The molecule has 2 unspecified atom stereocenters. The Morgan fingerprint density at radius 3 is 2.83 bits per heavy atom. The van der Waals surface area contributed by atoms with Crippen LogP contribution >= 0.6 is 0 Å². The van der Waals surface area contributed by atoms with E-state index in [0.717, 1.165) is 32.5 Å². The van der Waals surface area contributed by atoms with Crippen LogP contribution in [0.5, 0.6) is 0 Å². The molecule has 0 aromatic carbocycles. The predicted molar refractivity (Wildman–Crippen MR) is 41.9 cm³/mol. The second-order valence-corrected chi connectivity index (χ2v) is 3.90. The maximum Gasteiger partial charge on any atom is 1.00 e. The molecule has 0 amide bonds. The quantitative estimate of drug-likeness (QED) is 0.378. The molecule has 12 heavy (non-hydrogen) atoms. The van der Waals surface area contributed by atoms with Crippen molar-refractivity contribution in [1.82, 2.24) is 0 Å². The second-order valence-electron chi connectivity index (χ2n) is 2.88. The van der Waals surface area contributed by atoms with Crippen molar-refractivity contribution in [2.24, 2.45) is 5.92 Å². The van der Waals surface area contributed by atoms with Crippen molar-refractivity contribution in [1.29, 1.82) is 0 Å². The summed E-state index contributed by atoms with van der Waals surface area (Å²) in [4.78, 5) is 0. The molecule has 2 atom stereocenters. The summed E-state index contributed by atoms with van der Waals surface area (Å²) >= 11 is -1.86. The molecule has 1 fully saturated rings. The van der Waals surface area contributed by atoms with Crippen molar-refractivity contribution in [2.45, 2.75) is 19.3 Å². The van der Waals surface area contributed by atoms with E-state index in [-0.39, 0.29) is 29.6 Å². The van der Waals surface area contributed by atoms with Gasteiger partial charge in [0.25, 0.3) is 0 Å². The first-order valence-electron chi connectivity index (χ1n) is 3.92. The monoisotopic (exact) mass is 200 g/mol. The second kappa shape index (κ2) is 7.47. The average Bonchev–Trinajstić information content (AvgIpc) is 2.39. The maximum absolute atomic E-state index is 10.1. The molecule has 5 heteroatoms. The van der Waals surface area contributed by atoms with E-state index in [2.05, 4.69) is 0 Å². The summed E-state index contributed by atoms with van der Waals surface area (Å²) in [5.74, 6) is 0.912. The summed E-state index contributed by atoms with van der Waals surface area (Å²) in [6, 6.07) is 0. The van der Waals surface area contributed by atoms with Crippen LogP contribution in [0.2, 0.25) is 0 Å². The third-order valence-electron chi connectivity index (χ3n) is 1.95. The predicted octanol–water partition coefficient (Wildman–Crippen LogP) is -2.31. The van der Waals surface area contributed by atoms with Crippen molar-refractivity contribution in [2.75, 3.05) is 19.0 Å². The van der Waals surface area contributed by atoms with E-state index in [1.807, 2.05) is 0 Å². The third-order valence-corrected chi connectivity index (χ3v) is 2.57. The van der Waals surface area contributed by atoms with Gasteiger partial charge in [0, 0.05) is 19.0 Å². The summed E-state index contributed by atoms with van der Waals surface area (Å²) in [6.07, 6.45) is 2.88. The van der Waals surface area contributed by atoms with Crippen molar-refractivity contribution >= 4 is 11.1 Å². The van der Waals surface area contributed by atoms with Crippen LogP contribution in [-0.2, 0) is 15.8 Å². The molecular formula is C7H13NaO3S. The van der Waals surface area contributed by atoms with Gasteiger partial charge in [-0.3, -0.25) is 4.21 Å². The van der Waals surface area contributed by atoms with Gasteiger partial charge < -0.3 is 9.29 Å². The van der Waals surface area contributed by atoms with Crippen LogP contribution in [-0.4, -0.2) is 27.7 Å². The van der Waals surface area contributed by atoms with Crippen LogP contribution in [0.25, 0.3) is 0 Å². The SMILES string of the molecule is O=S([O-])CCCC1CCOC1.[Na+]. The first kappa shape index (κ1) is 13.1. The first-order valence-corrected chi connectivity index (χ1v) is 5.17. The maximum atomic E-state index is 10.1. The summed E-state index contributed by atoms with van der Waals surface area (Å²) in [6.45, 7) is 1.68. The van der Waals surface area contributed by atoms with Gasteiger partial charge in [0.2, 0.25) is 0 Å². The zero-order valence-electron chi connectivity index (χ0n) is 7.45. The van der Waals surface area contributed by atoms with Gasteiger partial charge in [-0.1, -0.05) is 11.1 Å². The zero-order valence-corrected chi connectivity index (χ0v) is 10.3. The van der Waals surface area contributed by atoms with Gasteiger partial charge in [-0.05, 0) is 25.2 Å². The van der Waals surface area contributed by atoms with Gasteiger partial charge in [0.1, 0.15) is 0 Å². The normalized spacial score (nSPS) is 24.9. The van der Waals surface area contributed by atoms with Crippen LogP contribution in [0.4, 0.5) is 0 Å². The van der Waals surface area contributed by atoms with Crippen LogP contribution < -0.4 is 29.6 Å². The summed E-state index contributed by atoms with van der Waals surface area (Å²) < 4.78 is 25.4. The number of hydrogen-bond donors (Lipinski definition) is 0. The van der Waals surface area contributed by atoms with E-state index in [1.165, 1.54) is 0 Å². The van der Waals surface area contributed by atoms with Crippen molar-refractivity contribution in [3.8, 4) is 0 Å². The van der Waals surface area contributed by atoms with E-state index >= 15 is 0 Å². The fourth-order valence-corrected chi connectivity index (χ4v) is 1.70. The molecule has 1 heterocycles. The van der Waals surface area contributed by atoms with Crippen molar-refractivity contribution < 1.29 is 43.1 Å². The Morgan fingerprint density at radius 2 is 2.33 bits per heavy atom. The van der Waals surface area contributed by atoms with Gasteiger partial charge in [0.05, 0.1) is 0 Å². The Balaban J connectivity index is 0.00000121. The standard InChI is InChI=1S/C7H14O3S.Na/c8-11(9)5-1-2-7-3-4-10-6-7;/h7H,1-6H2,(H,8,9);/q;+1/p-1. The molecule has 0 aromatic heterocycles. The van der Waals surface area contributed by atoms with E-state index in [1.54, 1.807) is 0 Å². The molecule has 0 bridgehead atoms. The molecule has 1 aliphatic heterocycles. The molecule has 0 aliphatic carbocycles. The van der Waals surface area contributed by atoms with E-state index in [9.17, 15) is 8.76 Å². The molecule has 1 aliphatic rings. The topological polar surface area (TPSA) is 49.4 Å². The van der Waals surface area contributed by atoms with E-state index in [4.69, 9.17) is 4.74 Å². The van der Waals surface area contributed by atoms with Gasteiger partial charge in [-0.25, -0.2) is 0 Å². The minimum Gasteiger partial charge on any atom is -0.772 e. The molecule has 0 saturated carbocycles. The molecule has 0 aromatic rings. The minimum atomic E-state index is -1.86. The largest absolute Gasteiger partial charge is 1.00 e. The summed E-state index contributed by atoms with van der Waals surface area (Å²) in [7, 11) is 0. The first-order chi connectivity index (χ1) is 5.29. The summed E-state index contributed by atoms with van der Waals surface area (Å²) in [5, 5.41) is 0. The van der Waals surface area contributed by atoms with Crippen LogP contribution in [0.1, 0.15) is 19.3 Å². The van der Waals surface area contributed by atoms with Crippen molar-refractivity contribution in [3.63, 3.8) is 0 Å². The molecule has 1 saturated heterocycles. The number of ether oxygens (including phenoxy) is 1. The Kier molecular flexibility index (Phi) is 8.14. The molecule has 0 radical (unpaired) electrons. The molecule has 66 valence electrons. The fourth-order valence-electron chi connectivity index (χ4n) is 1.30. The van der Waals surface area contributed by atoms with Crippen molar-refractivity contribution in [3.05, 3.63) is 0 Å². The zero-order chi connectivity index (χ0) is 8.10. The average molecular weight is 200 g/mol. The molecule has 3 nitrogen and oxygen atoms in total. The number of hydrogen-bond acceptors (Lipinski definition) is 3. The van der Waals surface area contributed by atoms with Gasteiger partial charge in [0.15, 0.2) is 0 Å². The van der Waals surface area contributed by atoms with Crippen LogP contribution in [0.15, 0.2) is 0 Å². The van der Waals surface area contributed by atoms with E-state index in [0.29, 0.717) is 11.7 Å². The minimum absolute atomic E-state index is 0. The fraction of sp³-hybridized carbons (Fsp3) is 1.00. The summed E-state index contributed by atoms with van der Waals surface area (Å²) in [5.41, 5.74) is 0. The van der Waals surface area contributed by atoms with Gasteiger partial charge in [-0.2, -0.15) is 0 Å². The Hall–Kier alpha value is 1.07. The van der Waals surface area contributed by atoms with Gasteiger partial charge in [-0.15, -0.1) is 0 Å². The molecule has 1 rings (SSSR count). The third kappa shape index (κ3) is 5.67. The Labute approximate surface area is 97.8 Å². The Morgan fingerprint density at radius 1 is 1.58 bits per heavy atom. The van der Waals surface area contributed by atoms with Crippen LogP contribution in [0.3, 0.4) is 0 Å². The molecular weight excluding hydrogens is 187 g/mol. The molecule has 0 N–H and O–H groups in total.